The van der Waals surface area contributed by atoms with Gasteiger partial charge < -0.3 is 26.2 Å². The predicted octanol–water partition coefficient (Wildman–Crippen LogP) is 0.809. The Morgan fingerprint density at radius 3 is 2.47 bits per heavy atom. The van der Waals surface area contributed by atoms with E-state index in [1.807, 2.05) is 7.05 Å². The van der Waals surface area contributed by atoms with Gasteiger partial charge in [-0.1, -0.05) is 0 Å². The minimum absolute atomic E-state index is 0.0533. The highest BCUT2D eigenvalue weighted by molar-refractivity contribution is 6.24. The van der Waals surface area contributed by atoms with E-state index in [9.17, 15) is 34.8 Å². The van der Waals surface area contributed by atoms with Gasteiger partial charge in [0.25, 0.3) is 5.91 Å². The first-order chi connectivity index (χ1) is 17.8. The molecule has 2 unspecified atom stereocenters. The summed E-state index contributed by atoms with van der Waals surface area (Å²) in [6.07, 6.45) is 1.13. The van der Waals surface area contributed by atoms with Crippen molar-refractivity contribution >= 4 is 17.5 Å². The number of hydrogen-bond acceptors (Lipinski definition) is 9. The number of ketones is 2. The van der Waals surface area contributed by atoms with Crippen LogP contribution < -0.4 is 5.73 Å². The highest BCUT2D eigenvalue weighted by atomic mass is 19.1. The molecule has 1 fully saturated rings. The largest absolute Gasteiger partial charge is 0.510 e. The van der Waals surface area contributed by atoms with Crippen molar-refractivity contribution in [3.63, 3.8) is 0 Å². The smallest absolute Gasteiger partial charge is 0.255 e. The Morgan fingerprint density at radius 2 is 1.84 bits per heavy atom. The molecular weight excluding hydrogens is 497 g/mol. The number of likely N-dealkylation sites (N-methyl/N-ethyl adjacent to an activating group) is 1. The molecule has 6 atom stereocenters. The van der Waals surface area contributed by atoms with Crippen LogP contribution in [0.3, 0.4) is 0 Å². The first kappa shape index (κ1) is 25.0. The number of phenols is 1. The van der Waals surface area contributed by atoms with Gasteiger partial charge in [0.15, 0.2) is 11.4 Å². The zero-order chi connectivity index (χ0) is 27.6. The summed E-state index contributed by atoms with van der Waals surface area (Å²) in [7, 11) is 5.02. The Morgan fingerprint density at radius 1 is 1.16 bits per heavy atom. The van der Waals surface area contributed by atoms with E-state index in [1.165, 1.54) is 4.90 Å². The van der Waals surface area contributed by atoms with Crippen molar-refractivity contribution in [3.05, 3.63) is 50.7 Å². The molecular formula is C27H30FN3O7. The van der Waals surface area contributed by atoms with Gasteiger partial charge in [-0.15, -0.1) is 0 Å². The van der Waals surface area contributed by atoms with Crippen molar-refractivity contribution in [3.8, 4) is 5.75 Å². The van der Waals surface area contributed by atoms with Crippen molar-refractivity contribution in [1.29, 1.82) is 0 Å². The van der Waals surface area contributed by atoms with Gasteiger partial charge in [-0.2, -0.15) is 0 Å². The quantitative estimate of drug-likeness (QED) is 0.350. The maximum absolute atomic E-state index is 16.2. The molecule has 4 aliphatic carbocycles. The van der Waals surface area contributed by atoms with Crippen molar-refractivity contribution in [2.75, 3.05) is 27.7 Å². The summed E-state index contributed by atoms with van der Waals surface area (Å²) in [5, 5.41) is 45.1. The van der Waals surface area contributed by atoms with Crippen molar-refractivity contribution in [2.24, 2.45) is 23.5 Å². The van der Waals surface area contributed by atoms with Gasteiger partial charge in [0.2, 0.25) is 5.78 Å². The number of allylic oxidation sites excluding steroid dienone is 1. The van der Waals surface area contributed by atoms with E-state index < -0.39 is 63.9 Å². The zero-order valence-electron chi connectivity index (χ0n) is 21.3. The number of nitrogens with two attached hydrogens (primary N) is 1. The van der Waals surface area contributed by atoms with Gasteiger partial charge in [0, 0.05) is 34.2 Å². The highest BCUT2D eigenvalue weighted by Gasteiger charge is 2.63. The summed E-state index contributed by atoms with van der Waals surface area (Å²) < 4.78 is 16.2. The Balaban J connectivity index is 1.55. The summed E-state index contributed by atoms with van der Waals surface area (Å²) in [5.41, 5.74) is 2.08. The summed E-state index contributed by atoms with van der Waals surface area (Å²) in [4.78, 5) is 42.8. The number of aliphatic hydroxyl groups excluding tert-OH is 2. The van der Waals surface area contributed by atoms with Crippen molar-refractivity contribution in [2.45, 2.75) is 43.4 Å². The molecule has 5 aliphatic rings. The maximum Gasteiger partial charge on any atom is 0.255 e. The SMILES string of the molecule is CN1CCC2Cc3c(O)c4c(c(F)c3C21)C[C@H]1C[C@H]2[C@H](N(C)C)C(O)=C(C(N)=O)C(=O)[C@@]2(O)C(O)=C1C4=O. The van der Waals surface area contributed by atoms with Gasteiger partial charge >= 0.3 is 0 Å². The minimum Gasteiger partial charge on any atom is -0.510 e. The monoisotopic (exact) mass is 527 g/mol. The number of rotatable bonds is 2. The van der Waals surface area contributed by atoms with E-state index >= 15 is 4.39 Å². The Kier molecular flexibility index (Phi) is 5.18. The maximum atomic E-state index is 16.2. The second kappa shape index (κ2) is 7.87. The van der Waals surface area contributed by atoms with Gasteiger partial charge in [-0.25, -0.2) is 4.39 Å². The number of carbonyl (C=O) groups is 3. The lowest BCUT2D eigenvalue weighted by atomic mass is 9.58. The van der Waals surface area contributed by atoms with Crippen LogP contribution in [0.1, 0.15) is 45.9 Å². The number of fused-ring (bicyclic) bond motifs is 6. The van der Waals surface area contributed by atoms with E-state index in [2.05, 4.69) is 4.90 Å². The minimum atomic E-state index is -2.71. The van der Waals surface area contributed by atoms with E-state index in [1.54, 1.807) is 14.1 Å². The molecule has 11 heteroatoms. The third-order valence-corrected chi connectivity index (χ3v) is 9.50. The van der Waals surface area contributed by atoms with Gasteiger partial charge in [-0.05, 0) is 65.2 Å². The molecule has 0 radical (unpaired) electrons. The predicted molar refractivity (Wildman–Crippen MR) is 131 cm³/mol. The first-order valence-corrected chi connectivity index (χ1v) is 12.7. The first-order valence-electron chi connectivity index (χ1n) is 12.7. The average Bonchev–Trinajstić information content (AvgIpc) is 3.39. The van der Waals surface area contributed by atoms with E-state index in [4.69, 9.17) is 5.73 Å². The molecule has 0 aromatic heterocycles. The second-order valence-corrected chi connectivity index (χ2v) is 11.5. The topological polar surface area (TPSA) is 165 Å². The third-order valence-electron chi connectivity index (χ3n) is 9.50. The number of amides is 1. The molecule has 1 aliphatic heterocycles. The number of benzene rings is 1. The van der Waals surface area contributed by atoms with Crippen LogP contribution >= 0.6 is 0 Å². The summed E-state index contributed by atoms with van der Waals surface area (Å²) >= 11 is 0. The van der Waals surface area contributed by atoms with Crippen LogP contribution in [0.2, 0.25) is 0 Å². The summed E-state index contributed by atoms with van der Waals surface area (Å²) in [6, 6.07) is -1.28. The van der Waals surface area contributed by atoms with Crippen LogP contribution in [0.25, 0.3) is 0 Å². The van der Waals surface area contributed by atoms with Gasteiger partial charge in [-0.3, -0.25) is 24.2 Å². The van der Waals surface area contributed by atoms with Gasteiger partial charge in [0.1, 0.15) is 28.7 Å². The Hall–Kier alpha value is -3.28. The lowest BCUT2D eigenvalue weighted by molar-refractivity contribution is -0.148. The second-order valence-electron chi connectivity index (χ2n) is 11.5. The lowest BCUT2D eigenvalue weighted by Crippen LogP contribution is -2.63. The Labute approximate surface area is 217 Å². The van der Waals surface area contributed by atoms with Crippen molar-refractivity contribution < 1.29 is 39.2 Å². The lowest BCUT2D eigenvalue weighted by Gasteiger charge is -2.50. The highest BCUT2D eigenvalue weighted by Crippen LogP contribution is 2.56. The van der Waals surface area contributed by atoms with Crippen LogP contribution in [0, 0.1) is 23.6 Å². The van der Waals surface area contributed by atoms with Crippen LogP contribution in [-0.2, 0) is 22.4 Å². The number of primary amides is 1. The molecule has 6 N–H and O–H groups in total. The zero-order valence-corrected chi connectivity index (χ0v) is 21.3. The normalized spacial score (nSPS) is 34.3. The number of carbonyl (C=O) groups excluding carboxylic acids is 3. The molecule has 1 amide bonds. The van der Waals surface area contributed by atoms with Crippen LogP contribution in [0.15, 0.2) is 22.7 Å². The molecule has 10 nitrogen and oxygen atoms in total. The summed E-state index contributed by atoms with van der Waals surface area (Å²) in [6.45, 7) is 0.804. The molecule has 0 spiro atoms. The fourth-order valence-corrected chi connectivity index (χ4v) is 7.89. The molecule has 0 bridgehead atoms. The van der Waals surface area contributed by atoms with Crippen molar-refractivity contribution in [1.82, 2.24) is 9.80 Å². The summed E-state index contributed by atoms with van der Waals surface area (Å²) in [5.74, 6) is -7.72. The number of halogens is 1. The average molecular weight is 528 g/mol. The number of hydrogen-bond donors (Lipinski definition) is 5. The number of likely N-dealkylation sites (tertiary alicyclic amines) is 1. The molecule has 202 valence electrons. The Bertz CT molecular complexity index is 1420. The van der Waals surface area contributed by atoms with E-state index in [0.29, 0.717) is 17.5 Å². The number of phenolic OH excluding ortho intramolecular Hbond substituents is 1. The number of aliphatic hydroxyl groups is 3. The standard InChI is InChI=1S/C27H30FN3O7/c1-30(2)20-13-8-10-7-11-16(21(32)12-6-9-4-5-31(3)19(9)15(12)18(11)28)22(33)14(10)24(35)27(13,38)25(36)17(23(20)34)26(29)37/h9-10,13,19-20,32,34-35,38H,4-8H2,1-3H3,(H2,29,37)/t9?,10-,13-,19?,20-,27-/m0/s1. The molecule has 1 aromatic rings. The fourth-order valence-electron chi connectivity index (χ4n) is 7.89. The molecule has 1 saturated heterocycles. The van der Waals surface area contributed by atoms with E-state index in [0.717, 1.165) is 13.0 Å². The number of Topliss-reactive ketones (excluding diaryl/α,β-unsaturated/α-hetero) is 2. The molecule has 1 heterocycles. The molecule has 38 heavy (non-hydrogen) atoms. The number of aromatic hydroxyl groups is 1. The molecule has 0 saturated carbocycles. The van der Waals surface area contributed by atoms with Gasteiger partial charge in [0.05, 0.1) is 11.6 Å². The number of nitrogens with zero attached hydrogens (tertiary/aromatic N) is 2. The van der Waals surface area contributed by atoms with E-state index in [-0.39, 0.29) is 47.3 Å². The third kappa shape index (κ3) is 2.84. The fraction of sp³-hybridized carbons (Fsp3) is 0.519. The van der Waals surface area contributed by atoms with Crippen LogP contribution in [0.4, 0.5) is 4.39 Å². The van der Waals surface area contributed by atoms with Crippen LogP contribution in [-0.4, -0.2) is 87.0 Å². The van der Waals surface area contributed by atoms with Crippen LogP contribution in [0.5, 0.6) is 5.75 Å². The molecule has 6 rings (SSSR count). The molecule has 1 aromatic carbocycles.